The third kappa shape index (κ3) is 5.85. The van der Waals surface area contributed by atoms with Gasteiger partial charge in [0.15, 0.2) is 0 Å². The van der Waals surface area contributed by atoms with E-state index in [4.69, 9.17) is 9.47 Å². The van der Waals surface area contributed by atoms with Crippen molar-refractivity contribution in [1.82, 2.24) is 0 Å². The Hall–Kier alpha value is -0.570. The first kappa shape index (κ1) is 15.5. The molecule has 0 heterocycles. The number of ether oxygens (including phenoxy) is 2. The molecule has 1 unspecified atom stereocenters. The van der Waals surface area contributed by atoms with Crippen molar-refractivity contribution in [1.29, 1.82) is 0 Å². The smallest absolute Gasteiger partial charge is 0.305 e. The molecule has 0 amide bonds. The van der Waals surface area contributed by atoms with E-state index in [0.29, 0.717) is 31.2 Å². The monoisotopic (exact) mass is 256 g/mol. The molecule has 0 spiro atoms. The van der Waals surface area contributed by atoms with Gasteiger partial charge in [0.2, 0.25) is 0 Å². The second-order valence-electron chi connectivity index (χ2n) is 5.34. The van der Waals surface area contributed by atoms with Gasteiger partial charge in [0.25, 0.3) is 0 Å². The highest BCUT2D eigenvalue weighted by molar-refractivity contribution is 5.69. The van der Waals surface area contributed by atoms with Crippen LogP contribution in [-0.2, 0) is 14.3 Å². The lowest BCUT2D eigenvalue weighted by Gasteiger charge is -2.30. The maximum atomic E-state index is 11.3. The predicted molar refractivity (Wildman–Crippen MR) is 72.5 cm³/mol. The molecule has 1 atom stereocenters. The Kier molecular flexibility index (Phi) is 7.33. The minimum atomic E-state index is -0.0459. The van der Waals surface area contributed by atoms with Crippen LogP contribution in [0.4, 0.5) is 0 Å². The summed E-state index contributed by atoms with van der Waals surface area (Å²) in [6, 6.07) is 0. The number of esters is 1. The lowest BCUT2D eigenvalue weighted by molar-refractivity contribution is -0.143. The Bertz CT molecular complexity index is 232. The lowest BCUT2D eigenvalue weighted by atomic mass is 9.84. The van der Waals surface area contributed by atoms with Crippen LogP contribution in [0, 0.1) is 5.92 Å². The van der Waals surface area contributed by atoms with E-state index in [2.05, 4.69) is 13.8 Å². The molecular formula is C15H28O3. The Morgan fingerprint density at radius 1 is 1.22 bits per heavy atom. The topological polar surface area (TPSA) is 35.5 Å². The summed E-state index contributed by atoms with van der Waals surface area (Å²) in [5, 5.41) is 0. The van der Waals surface area contributed by atoms with Crippen LogP contribution in [0.5, 0.6) is 0 Å². The zero-order chi connectivity index (χ0) is 13.4. The van der Waals surface area contributed by atoms with Gasteiger partial charge in [0, 0.05) is 6.42 Å². The van der Waals surface area contributed by atoms with E-state index in [9.17, 15) is 4.79 Å². The summed E-state index contributed by atoms with van der Waals surface area (Å²) in [4.78, 5) is 11.3. The Balaban J connectivity index is 2.13. The van der Waals surface area contributed by atoms with Crippen molar-refractivity contribution in [3.05, 3.63) is 0 Å². The fraction of sp³-hybridized carbons (Fsp3) is 0.933. The van der Waals surface area contributed by atoms with E-state index in [1.807, 2.05) is 6.92 Å². The number of carbonyl (C=O) groups excluding carboxylic acids is 1. The van der Waals surface area contributed by atoms with Crippen molar-refractivity contribution in [2.24, 2.45) is 5.92 Å². The molecular weight excluding hydrogens is 228 g/mol. The summed E-state index contributed by atoms with van der Waals surface area (Å²) in [7, 11) is 0. The zero-order valence-electron chi connectivity index (χ0n) is 12.1. The van der Waals surface area contributed by atoms with Crippen LogP contribution in [0.2, 0.25) is 0 Å². The van der Waals surface area contributed by atoms with Crippen LogP contribution in [0.1, 0.15) is 65.7 Å². The molecule has 18 heavy (non-hydrogen) atoms. The SMILES string of the molecule is CCOC(=O)CCC1CCC(OC(C)CC)CC1. The molecule has 0 saturated heterocycles. The van der Waals surface area contributed by atoms with Gasteiger partial charge in [-0.25, -0.2) is 0 Å². The van der Waals surface area contributed by atoms with Gasteiger partial charge in [-0.1, -0.05) is 6.92 Å². The van der Waals surface area contributed by atoms with E-state index >= 15 is 0 Å². The number of carbonyl (C=O) groups is 1. The fourth-order valence-corrected chi connectivity index (χ4v) is 2.54. The number of hydrogen-bond acceptors (Lipinski definition) is 3. The second kappa shape index (κ2) is 8.52. The van der Waals surface area contributed by atoms with Gasteiger partial charge in [0.1, 0.15) is 0 Å². The minimum absolute atomic E-state index is 0.0459. The highest BCUT2D eigenvalue weighted by atomic mass is 16.5. The fourth-order valence-electron chi connectivity index (χ4n) is 2.54. The first-order valence-corrected chi connectivity index (χ1v) is 7.46. The zero-order valence-corrected chi connectivity index (χ0v) is 12.1. The third-order valence-electron chi connectivity index (χ3n) is 3.86. The van der Waals surface area contributed by atoms with Crippen molar-refractivity contribution in [2.45, 2.75) is 77.9 Å². The normalized spacial score (nSPS) is 25.7. The molecule has 106 valence electrons. The average molecular weight is 256 g/mol. The molecule has 1 saturated carbocycles. The third-order valence-corrected chi connectivity index (χ3v) is 3.86. The van der Waals surface area contributed by atoms with E-state index in [1.165, 1.54) is 12.8 Å². The van der Waals surface area contributed by atoms with E-state index in [-0.39, 0.29) is 5.97 Å². The standard InChI is InChI=1S/C15H28O3/c1-4-12(3)18-14-9-6-13(7-10-14)8-11-15(16)17-5-2/h12-14H,4-11H2,1-3H3. The summed E-state index contributed by atoms with van der Waals surface area (Å²) in [5.41, 5.74) is 0. The molecule has 0 aromatic carbocycles. The van der Waals surface area contributed by atoms with Crippen molar-refractivity contribution < 1.29 is 14.3 Å². The number of hydrogen-bond donors (Lipinski definition) is 0. The van der Waals surface area contributed by atoms with Crippen LogP contribution in [0.15, 0.2) is 0 Å². The van der Waals surface area contributed by atoms with Crippen LogP contribution in [0.3, 0.4) is 0 Å². The van der Waals surface area contributed by atoms with Crippen molar-refractivity contribution in [3.63, 3.8) is 0 Å². The summed E-state index contributed by atoms with van der Waals surface area (Å²) < 4.78 is 10.9. The molecule has 0 radical (unpaired) electrons. The highest BCUT2D eigenvalue weighted by Gasteiger charge is 2.23. The average Bonchev–Trinajstić information content (AvgIpc) is 2.38. The van der Waals surface area contributed by atoms with Crippen LogP contribution in [-0.4, -0.2) is 24.8 Å². The molecule has 1 rings (SSSR count). The predicted octanol–water partition coefficient (Wildman–Crippen LogP) is 3.70. The molecule has 3 heteroatoms. The highest BCUT2D eigenvalue weighted by Crippen LogP contribution is 2.30. The summed E-state index contributed by atoms with van der Waals surface area (Å²) >= 11 is 0. The van der Waals surface area contributed by atoms with Gasteiger partial charge < -0.3 is 9.47 Å². The first-order valence-electron chi connectivity index (χ1n) is 7.46. The lowest BCUT2D eigenvalue weighted by Crippen LogP contribution is -2.25. The quantitative estimate of drug-likeness (QED) is 0.651. The van der Waals surface area contributed by atoms with E-state index in [1.54, 1.807) is 0 Å². The molecule has 1 aliphatic carbocycles. The minimum Gasteiger partial charge on any atom is -0.466 e. The van der Waals surface area contributed by atoms with Crippen LogP contribution < -0.4 is 0 Å². The van der Waals surface area contributed by atoms with Crippen LogP contribution in [0.25, 0.3) is 0 Å². The largest absolute Gasteiger partial charge is 0.466 e. The van der Waals surface area contributed by atoms with E-state index in [0.717, 1.165) is 25.7 Å². The summed E-state index contributed by atoms with van der Waals surface area (Å²) in [6.45, 7) is 6.66. The molecule has 3 nitrogen and oxygen atoms in total. The van der Waals surface area contributed by atoms with Gasteiger partial charge >= 0.3 is 5.97 Å². The maximum absolute atomic E-state index is 11.3. The molecule has 0 aliphatic heterocycles. The Morgan fingerprint density at radius 2 is 1.89 bits per heavy atom. The summed E-state index contributed by atoms with van der Waals surface area (Å²) in [6.07, 6.45) is 8.16. The maximum Gasteiger partial charge on any atom is 0.305 e. The van der Waals surface area contributed by atoms with Crippen LogP contribution >= 0.6 is 0 Å². The second-order valence-corrected chi connectivity index (χ2v) is 5.34. The Labute approximate surface area is 111 Å². The molecule has 0 N–H and O–H groups in total. The van der Waals surface area contributed by atoms with Gasteiger partial charge in [-0.2, -0.15) is 0 Å². The van der Waals surface area contributed by atoms with Crippen molar-refractivity contribution in [2.75, 3.05) is 6.61 Å². The van der Waals surface area contributed by atoms with Gasteiger partial charge in [-0.3, -0.25) is 4.79 Å². The molecule has 0 aromatic rings. The molecule has 0 bridgehead atoms. The Morgan fingerprint density at radius 3 is 2.44 bits per heavy atom. The first-order chi connectivity index (χ1) is 8.65. The van der Waals surface area contributed by atoms with Gasteiger partial charge in [0.05, 0.1) is 18.8 Å². The van der Waals surface area contributed by atoms with Gasteiger partial charge in [-0.15, -0.1) is 0 Å². The number of rotatable bonds is 7. The molecule has 1 aliphatic rings. The van der Waals surface area contributed by atoms with Gasteiger partial charge in [-0.05, 0) is 58.3 Å². The van der Waals surface area contributed by atoms with Crippen molar-refractivity contribution >= 4 is 5.97 Å². The molecule has 0 aromatic heterocycles. The van der Waals surface area contributed by atoms with E-state index < -0.39 is 0 Å². The summed E-state index contributed by atoms with van der Waals surface area (Å²) in [5.74, 6) is 0.640. The van der Waals surface area contributed by atoms with Crippen molar-refractivity contribution in [3.8, 4) is 0 Å². The molecule has 1 fully saturated rings.